The van der Waals surface area contributed by atoms with Crippen molar-refractivity contribution in [3.63, 3.8) is 0 Å². The van der Waals surface area contributed by atoms with E-state index in [1.165, 1.54) is 0 Å². The van der Waals surface area contributed by atoms with E-state index in [9.17, 15) is 0 Å². The van der Waals surface area contributed by atoms with E-state index in [0.29, 0.717) is 5.88 Å². The van der Waals surface area contributed by atoms with Crippen molar-refractivity contribution in [3.05, 3.63) is 57.5 Å². The first kappa shape index (κ1) is 13.4. The van der Waals surface area contributed by atoms with Gasteiger partial charge in [0.15, 0.2) is 0 Å². The van der Waals surface area contributed by atoms with Crippen LogP contribution in [0.4, 0.5) is 5.88 Å². The third-order valence-corrected chi connectivity index (χ3v) is 4.20. The molecule has 0 saturated heterocycles. The number of nitrogen functional groups attached to an aromatic ring is 1. The van der Waals surface area contributed by atoms with Gasteiger partial charge in [0, 0.05) is 20.1 Å². The van der Waals surface area contributed by atoms with Gasteiger partial charge >= 0.3 is 0 Å². The highest BCUT2D eigenvalue weighted by Crippen LogP contribution is 2.39. The van der Waals surface area contributed by atoms with E-state index in [1.54, 1.807) is 0 Å². The largest absolute Gasteiger partial charge is 0.367 e. The Bertz CT molecular complexity index is 751. The predicted octanol–water partition coefficient (Wildman–Crippen LogP) is 5.12. The highest BCUT2D eigenvalue weighted by Gasteiger charge is 2.18. The second-order valence-corrected chi connectivity index (χ2v) is 6.03. The Balaban J connectivity index is 2.20. The quantitative estimate of drug-likeness (QED) is 0.657. The Kier molecular flexibility index (Phi) is 3.63. The van der Waals surface area contributed by atoms with Gasteiger partial charge in [0.2, 0.25) is 5.88 Å². The summed E-state index contributed by atoms with van der Waals surface area (Å²) >= 11 is 6.96. The molecule has 0 aliphatic rings. The van der Waals surface area contributed by atoms with Crippen molar-refractivity contribution in [2.75, 3.05) is 5.73 Å². The lowest BCUT2D eigenvalue weighted by Gasteiger charge is -2.05. The van der Waals surface area contributed by atoms with Crippen LogP contribution in [-0.2, 0) is 0 Å². The van der Waals surface area contributed by atoms with Gasteiger partial charge in [-0.25, -0.2) is 0 Å². The smallest absolute Gasteiger partial charge is 0.230 e. The number of nitrogens with zero attached hydrogens (tertiary/aromatic N) is 1. The molecular weight excluding hydrogens is 384 g/mol. The first-order valence-electron chi connectivity index (χ1n) is 5.93. The van der Waals surface area contributed by atoms with E-state index in [4.69, 9.17) is 10.3 Å². The lowest BCUT2D eigenvalue weighted by molar-refractivity contribution is 0.439. The fourth-order valence-electron chi connectivity index (χ4n) is 2.03. The number of aromatic nitrogens is 1. The summed E-state index contributed by atoms with van der Waals surface area (Å²) in [6.07, 6.45) is 0. The van der Waals surface area contributed by atoms with Crippen LogP contribution in [0.3, 0.4) is 0 Å². The molecule has 2 aromatic carbocycles. The Morgan fingerprint density at radius 2 is 1.65 bits per heavy atom. The summed E-state index contributed by atoms with van der Waals surface area (Å²) in [5.74, 6) is 0.315. The maximum atomic E-state index is 5.95. The molecule has 0 spiro atoms. The average Bonchev–Trinajstić information content (AvgIpc) is 2.82. The first-order valence-corrected chi connectivity index (χ1v) is 7.51. The highest BCUT2D eigenvalue weighted by molar-refractivity contribution is 9.10. The molecule has 1 heterocycles. The molecule has 0 amide bonds. The molecule has 100 valence electrons. The minimum atomic E-state index is 0.315. The number of benzene rings is 2. The topological polar surface area (TPSA) is 52.0 Å². The zero-order valence-electron chi connectivity index (χ0n) is 10.3. The summed E-state index contributed by atoms with van der Waals surface area (Å²) in [5.41, 5.74) is 9.41. The summed E-state index contributed by atoms with van der Waals surface area (Å²) in [4.78, 5) is 0. The van der Waals surface area contributed by atoms with Crippen molar-refractivity contribution in [2.45, 2.75) is 0 Å². The Morgan fingerprint density at radius 1 is 0.950 bits per heavy atom. The third-order valence-electron chi connectivity index (χ3n) is 2.98. The zero-order chi connectivity index (χ0) is 14.1. The highest BCUT2D eigenvalue weighted by atomic mass is 79.9. The minimum Gasteiger partial charge on any atom is -0.367 e. The Labute approximate surface area is 133 Å². The molecule has 0 fully saturated rings. The van der Waals surface area contributed by atoms with Gasteiger partial charge in [-0.2, -0.15) is 0 Å². The van der Waals surface area contributed by atoms with Crippen molar-refractivity contribution in [1.82, 2.24) is 5.16 Å². The van der Waals surface area contributed by atoms with Crippen LogP contribution in [-0.4, -0.2) is 5.16 Å². The van der Waals surface area contributed by atoms with E-state index in [1.807, 2.05) is 48.5 Å². The lowest BCUT2D eigenvalue weighted by atomic mass is 10.0. The molecule has 3 rings (SSSR count). The van der Waals surface area contributed by atoms with Crippen molar-refractivity contribution < 1.29 is 4.52 Å². The Morgan fingerprint density at radius 3 is 2.35 bits per heavy atom. The fraction of sp³-hybridized carbons (Fsp3) is 0. The lowest BCUT2D eigenvalue weighted by Crippen LogP contribution is -1.88. The normalized spacial score (nSPS) is 10.7. The molecule has 2 N–H and O–H groups in total. The molecule has 20 heavy (non-hydrogen) atoms. The van der Waals surface area contributed by atoms with Gasteiger partial charge in [-0.15, -0.1) is 0 Å². The summed E-state index contributed by atoms with van der Waals surface area (Å²) in [6.45, 7) is 0. The van der Waals surface area contributed by atoms with Crippen LogP contribution in [0.5, 0.6) is 0 Å². The monoisotopic (exact) mass is 392 g/mol. The van der Waals surface area contributed by atoms with E-state index in [0.717, 1.165) is 31.3 Å². The van der Waals surface area contributed by atoms with Gasteiger partial charge in [-0.05, 0) is 18.2 Å². The van der Waals surface area contributed by atoms with Crippen LogP contribution in [0.2, 0.25) is 0 Å². The van der Waals surface area contributed by atoms with Crippen molar-refractivity contribution >= 4 is 37.7 Å². The van der Waals surface area contributed by atoms with Gasteiger partial charge in [0.1, 0.15) is 5.69 Å². The molecule has 0 saturated carbocycles. The number of halogens is 2. The molecular formula is C15H10Br2N2O. The summed E-state index contributed by atoms with van der Waals surface area (Å²) in [5, 5.41) is 4.10. The molecule has 1 aromatic heterocycles. The molecule has 0 radical (unpaired) electrons. The summed E-state index contributed by atoms with van der Waals surface area (Å²) in [7, 11) is 0. The maximum Gasteiger partial charge on any atom is 0.230 e. The molecule has 0 atom stereocenters. The molecule has 0 aliphatic heterocycles. The molecule has 3 nitrogen and oxygen atoms in total. The fourth-order valence-corrected chi connectivity index (χ4v) is 2.78. The second-order valence-electron chi connectivity index (χ2n) is 4.26. The van der Waals surface area contributed by atoms with Gasteiger partial charge in [0.25, 0.3) is 0 Å². The van der Waals surface area contributed by atoms with E-state index in [-0.39, 0.29) is 0 Å². The maximum absolute atomic E-state index is 5.95. The Hall–Kier alpha value is -1.59. The van der Waals surface area contributed by atoms with Crippen LogP contribution in [0, 0.1) is 0 Å². The van der Waals surface area contributed by atoms with Crippen LogP contribution < -0.4 is 5.73 Å². The zero-order valence-corrected chi connectivity index (χ0v) is 13.5. The first-order chi connectivity index (χ1) is 9.66. The summed E-state index contributed by atoms with van der Waals surface area (Å²) < 4.78 is 7.15. The SMILES string of the molecule is Nc1onc(-c2ccc(Br)cc2)c1-c1ccccc1Br. The number of rotatable bonds is 2. The molecule has 3 aromatic rings. The number of hydrogen-bond donors (Lipinski definition) is 1. The van der Waals surface area contributed by atoms with Crippen molar-refractivity contribution in [3.8, 4) is 22.4 Å². The second kappa shape index (κ2) is 5.42. The van der Waals surface area contributed by atoms with Crippen LogP contribution in [0.15, 0.2) is 62.0 Å². The number of nitrogens with two attached hydrogens (primary N) is 1. The number of anilines is 1. The van der Waals surface area contributed by atoms with Gasteiger partial charge in [0.05, 0.1) is 5.56 Å². The van der Waals surface area contributed by atoms with Crippen molar-refractivity contribution in [1.29, 1.82) is 0 Å². The van der Waals surface area contributed by atoms with E-state index in [2.05, 4.69) is 37.0 Å². The standard InChI is InChI=1S/C15H10Br2N2O/c16-10-7-5-9(6-8-10)14-13(15(18)20-19-14)11-3-1-2-4-12(11)17/h1-8H,18H2. The summed E-state index contributed by atoms with van der Waals surface area (Å²) in [6, 6.07) is 15.7. The number of hydrogen-bond acceptors (Lipinski definition) is 3. The average molecular weight is 394 g/mol. The van der Waals surface area contributed by atoms with Gasteiger partial charge in [-0.1, -0.05) is 67.3 Å². The van der Waals surface area contributed by atoms with Crippen LogP contribution in [0.25, 0.3) is 22.4 Å². The van der Waals surface area contributed by atoms with E-state index >= 15 is 0 Å². The van der Waals surface area contributed by atoms with Gasteiger partial charge < -0.3 is 10.3 Å². The molecule has 0 bridgehead atoms. The molecule has 0 aliphatic carbocycles. The van der Waals surface area contributed by atoms with Crippen LogP contribution >= 0.6 is 31.9 Å². The van der Waals surface area contributed by atoms with E-state index < -0.39 is 0 Å². The van der Waals surface area contributed by atoms with Crippen molar-refractivity contribution in [2.24, 2.45) is 0 Å². The third kappa shape index (κ3) is 2.39. The van der Waals surface area contributed by atoms with Crippen LogP contribution in [0.1, 0.15) is 0 Å². The van der Waals surface area contributed by atoms with Gasteiger partial charge in [-0.3, -0.25) is 0 Å². The molecule has 5 heteroatoms. The molecule has 0 unspecified atom stereocenters. The predicted molar refractivity (Wildman–Crippen MR) is 87.2 cm³/mol. The minimum absolute atomic E-state index is 0.315.